The molecule has 0 fully saturated rings. The van der Waals surface area contributed by atoms with E-state index in [1.54, 1.807) is 48.9 Å². The molecule has 4 aromatic rings. The van der Waals surface area contributed by atoms with Gasteiger partial charge in [0.2, 0.25) is 0 Å². The van der Waals surface area contributed by atoms with E-state index in [1.165, 1.54) is 12.1 Å². The molecule has 178 valence electrons. The molecule has 0 spiro atoms. The highest BCUT2D eigenvalue weighted by atomic mass is 35.5. The van der Waals surface area contributed by atoms with Crippen LogP contribution in [0.1, 0.15) is 28.8 Å². The van der Waals surface area contributed by atoms with E-state index >= 15 is 0 Å². The van der Waals surface area contributed by atoms with E-state index in [9.17, 15) is 19.5 Å². The number of hydrogen-bond donors (Lipinski definition) is 2. The molecule has 2 N–H and O–H groups in total. The number of carbonyl (C=O) groups excluding carboxylic acids is 1. The third-order valence-electron chi connectivity index (χ3n) is 6.12. The van der Waals surface area contributed by atoms with Gasteiger partial charge >= 0.3 is 5.97 Å². The molecule has 35 heavy (non-hydrogen) atoms. The van der Waals surface area contributed by atoms with Gasteiger partial charge < -0.3 is 15.0 Å². The van der Waals surface area contributed by atoms with Crippen LogP contribution in [0, 0.1) is 0 Å². The summed E-state index contributed by atoms with van der Waals surface area (Å²) in [6, 6.07) is 20.0. The maximum absolute atomic E-state index is 12.9. The highest BCUT2D eigenvalue weighted by Gasteiger charge is 2.29. The number of halogens is 2. The van der Waals surface area contributed by atoms with E-state index in [2.05, 4.69) is 5.32 Å². The quantitative estimate of drug-likeness (QED) is 0.359. The second kappa shape index (κ2) is 9.94. The molecule has 1 aromatic heterocycles. The molecular weight excluding hydrogens is 487 g/mol. The molecule has 0 aliphatic heterocycles. The largest absolute Gasteiger partial charge is 0.480 e. The van der Waals surface area contributed by atoms with Crippen molar-refractivity contribution in [3.63, 3.8) is 0 Å². The Hall–Kier alpha value is -3.61. The van der Waals surface area contributed by atoms with Crippen LogP contribution in [0.3, 0.4) is 0 Å². The van der Waals surface area contributed by atoms with Crippen molar-refractivity contribution in [2.24, 2.45) is 7.05 Å². The third-order valence-corrected chi connectivity index (χ3v) is 6.75. The summed E-state index contributed by atoms with van der Waals surface area (Å²) in [7, 11) is 1.73. The number of rotatable bonds is 6. The fraction of sp³-hybridized carbons (Fsp3) is 0.148. The van der Waals surface area contributed by atoms with Crippen LogP contribution in [-0.2, 0) is 11.8 Å². The predicted molar refractivity (Wildman–Crippen MR) is 138 cm³/mol. The summed E-state index contributed by atoms with van der Waals surface area (Å²) in [6.45, 7) is 1.71. The van der Waals surface area contributed by atoms with Crippen LogP contribution >= 0.6 is 23.2 Å². The molecule has 3 aromatic carbocycles. The standard InChI is InChI=1S/C27H22Cl2N2O4/c1-15(24(27(34)35)30-25(32)23-20(28)7-5-8-21(23)29)16-10-12-17(13-11-16)19-14-18-6-3-4-9-22(18)31(2)26(19)33/h3-15,24H,1-2H3,(H,30,32)(H,34,35)/t15?,24-/m0/s1. The number of aromatic nitrogens is 1. The topological polar surface area (TPSA) is 88.4 Å². The molecule has 1 amide bonds. The Bertz CT molecular complexity index is 1480. The van der Waals surface area contributed by atoms with E-state index in [4.69, 9.17) is 23.2 Å². The normalized spacial score (nSPS) is 12.8. The first kappa shape index (κ1) is 24.5. The van der Waals surface area contributed by atoms with Crippen molar-refractivity contribution in [3.05, 3.63) is 104 Å². The van der Waals surface area contributed by atoms with Crippen LogP contribution in [0.25, 0.3) is 22.0 Å². The minimum atomic E-state index is -1.23. The molecule has 1 heterocycles. The highest BCUT2D eigenvalue weighted by Crippen LogP contribution is 2.27. The third kappa shape index (κ3) is 4.81. The van der Waals surface area contributed by atoms with Gasteiger partial charge in [0.05, 0.1) is 21.1 Å². The van der Waals surface area contributed by atoms with Gasteiger partial charge in [0.1, 0.15) is 6.04 Å². The fourth-order valence-corrected chi connectivity index (χ4v) is 4.69. The molecular formula is C27H22Cl2N2O4. The lowest BCUT2D eigenvalue weighted by atomic mass is 9.91. The van der Waals surface area contributed by atoms with Crippen molar-refractivity contribution in [1.82, 2.24) is 9.88 Å². The number of benzene rings is 3. The number of hydrogen-bond acceptors (Lipinski definition) is 3. The minimum absolute atomic E-state index is 0.0248. The van der Waals surface area contributed by atoms with E-state index in [0.29, 0.717) is 16.7 Å². The van der Waals surface area contributed by atoms with E-state index in [1.807, 2.05) is 30.3 Å². The molecule has 0 radical (unpaired) electrons. The van der Waals surface area contributed by atoms with Crippen molar-refractivity contribution in [3.8, 4) is 11.1 Å². The Morgan fingerprint density at radius 1 is 0.943 bits per heavy atom. The van der Waals surface area contributed by atoms with Gasteiger partial charge in [-0.2, -0.15) is 0 Å². The fourth-order valence-electron chi connectivity index (χ4n) is 4.12. The average Bonchev–Trinajstić information content (AvgIpc) is 2.84. The number of pyridine rings is 1. The van der Waals surface area contributed by atoms with Crippen LogP contribution in [0.5, 0.6) is 0 Å². The molecule has 8 heteroatoms. The predicted octanol–water partition coefficient (Wildman–Crippen LogP) is 5.50. The number of aliphatic carboxylic acids is 1. The van der Waals surface area contributed by atoms with E-state index in [0.717, 1.165) is 10.9 Å². The van der Waals surface area contributed by atoms with Gasteiger partial charge in [-0.1, -0.05) is 78.7 Å². The second-order valence-electron chi connectivity index (χ2n) is 8.28. The Balaban J connectivity index is 1.62. The molecule has 0 saturated heterocycles. The summed E-state index contributed by atoms with van der Waals surface area (Å²) in [6.07, 6.45) is 0. The van der Waals surface area contributed by atoms with E-state index in [-0.39, 0.29) is 21.2 Å². The Kier molecular flexibility index (Phi) is 6.96. The van der Waals surface area contributed by atoms with Gasteiger partial charge in [0, 0.05) is 18.5 Å². The Morgan fingerprint density at radius 2 is 1.57 bits per heavy atom. The van der Waals surface area contributed by atoms with Crippen LogP contribution in [0.4, 0.5) is 0 Å². The van der Waals surface area contributed by atoms with Crippen LogP contribution < -0.4 is 10.9 Å². The number of aryl methyl sites for hydroxylation is 1. The van der Waals surface area contributed by atoms with Crippen molar-refractivity contribution in [1.29, 1.82) is 0 Å². The van der Waals surface area contributed by atoms with Gasteiger partial charge in [-0.3, -0.25) is 9.59 Å². The zero-order valence-corrected chi connectivity index (χ0v) is 20.5. The number of carbonyl (C=O) groups is 2. The smallest absolute Gasteiger partial charge is 0.326 e. The molecule has 0 saturated carbocycles. The highest BCUT2D eigenvalue weighted by molar-refractivity contribution is 6.39. The van der Waals surface area contributed by atoms with Crippen molar-refractivity contribution in [2.45, 2.75) is 18.9 Å². The van der Waals surface area contributed by atoms with Gasteiger partial charge in [-0.25, -0.2) is 4.79 Å². The molecule has 1 unspecified atom stereocenters. The number of nitrogens with one attached hydrogen (secondary N) is 1. The molecule has 0 aliphatic rings. The Morgan fingerprint density at radius 3 is 2.20 bits per heavy atom. The number of amides is 1. The van der Waals surface area contributed by atoms with Crippen LogP contribution in [-0.4, -0.2) is 27.6 Å². The molecule has 0 aliphatic carbocycles. The summed E-state index contributed by atoms with van der Waals surface area (Å²) in [5.41, 5.74) is 2.68. The number of fused-ring (bicyclic) bond motifs is 1. The summed E-state index contributed by atoms with van der Waals surface area (Å²) in [5, 5.41) is 13.6. The number of para-hydroxylation sites is 1. The zero-order chi connectivity index (χ0) is 25.3. The first-order valence-corrected chi connectivity index (χ1v) is 11.6. The molecule has 2 atom stereocenters. The second-order valence-corrected chi connectivity index (χ2v) is 9.09. The molecule has 4 rings (SSSR count). The first-order chi connectivity index (χ1) is 16.7. The lowest BCUT2D eigenvalue weighted by Gasteiger charge is -2.22. The summed E-state index contributed by atoms with van der Waals surface area (Å²) in [4.78, 5) is 37.7. The number of carboxylic acids is 1. The van der Waals surface area contributed by atoms with Crippen molar-refractivity contribution < 1.29 is 14.7 Å². The average molecular weight is 509 g/mol. The van der Waals surface area contributed by atoms with Gasteiger partial charge in [-0.15, -0.1) is 0 Å². The first-order valence-electron chi connectivity index (χ1n) is 10.9. The maximum Gasteiger partial charge on any atom is 0.326 e. The van der Waals surface area contributed by atoms with Gasteiger partial charge in [-0.05, 0) is 40.8 Å². The Labute approximate surface area is 211 Å². The number of carboxylic acid groups (broad SMARTS) is 1. The monoisotopic (exact) mass is 508 g/mol. The lowest BCUT2D eigenvalue weighted by Crippen LogP contribution is -2.44. The van der Waals surface area contributed by atoms with Crippen molar-refractivity contribution in [2.75, 3.05) is 0 Å². The molecule has 6 nitrogen and oxygen atoms in total. The SMILES string of the molecule is CC(c1ccc(-c2cc3ccccc3n(C)c2=O)cc1)[C@H](NC(=O)c1c(Cl)cccc1Cl)C(=O)O. The van der Waals surface area contributed by atoms with Gasteiger partial charge in [0.15, 0.2) is 0 Å². The van der Waals surface area contributed by atoms with Crippen LogP contribution in [0.15, 0.2) is 77.6 Å². The zero-order valence-electron chi connectivity index (χ0n) is 19.0. The number of nitrogens with zero attached hydrogens (tertiary/aromatic N) is 1. The summed E-state index contributed by atoms with van der Waals surface area (Å²) >= 11 is 12.2. The summed E-state index contributed by atoms with van der Waals surface area (Å²) < 4.78 is 1.61. The summed E-state index contributed by atoms with van der Waals surface area (Å²) in [5.74, 6) is -2.44. The minimum Gasteiger partial charge on any atom is -0.480 e. The van der Waals surface area contributed by atoms with E-state index < -0.39 is 23.8 Å². The van der Waals surface area contributed by atoms with Crippen LogP contribution in [0.2, 0.25) is 10.0 Å². The maximum atomic E-state index is 12.9. The van der Waals surface area contributed by atoms with Gasteiger partial charge in [0.25, 0.3) is 11.5 Å². The van der Waals surface area contributed by atoms with Crippen molar-refractivity contribution >= 4 is 46.0 Å². The lowest BCUT2D eigenvalue weighted by molar-refractivity contribution is -0.139. The molecule has 0 bridgehead atoms.